The van der Waals surface area contributed by atoms with Gasteiger partial charge in [0.25, 0.3) is 0 Å². The molecule has 1 fully saturated rings. The first-order valence-corrected chi connectivity index (χ1v) is 6.22. The average molecular weight is 198 g/mol. The topological polar surface area (TPSA) is 20.2 Å². The van der Waals surface area contributed by atoms with Crippen molar-refractivity contribution in [3.05, 3.63) is 0 Å². The highest BCUT2D eigenvalue weighted by molar-refractivity contribution is 4.91. The van der Waals surface area contributed by atoms with Crippen molar-refractivity contribution >= 4 is 0 Å². The highest BCUT2D eigenvalue weighted by Crippen LogP contribution is 2.41. The predicted molar refractivity (Wildman–Crippen MR) is 61.2 cm³/mol. The van der Waals surface area contributed by atoms with E-state index in [4.69, 9.17) is 0 Å². The second kappa shape index (κ2) is 4.65. The molecule has 14 heavy (non-hydrogen) atoms. The summed E-state index contributed by atoms with van der Waals surface area (Å²) in [5.74, 6) is 1.79. The van der Waals surface area contributed by atoms with Gasteiger partial charge in [-0.2, -0.15) is 0 Å². The van der Waals surface area contributed by atoms with E-state index in [1.807, 2.05) is 0 Å². The van der Waals surface area contributed by atoms with Crippen molar-refractivity contribution < 1.29 is 5.11 Å². The molecule has 3 atom stereocenters. The summed E-state index contributed by atoms with van der Waals surface area (Å²) in [5.41, 5.74) is -0.368. The molecular formula is C13H26O. The zero-order valence-corrected chi connectivity index (χ0v) is 10.2. The molecule has 0 aromatic rings. The minimum Gasteiger partial charge on any atom is -0.390 e. The van der Waals surface area contributed by atoms with Crippen molar-refractivity contribution in [1.29, 1.82) is 0 Å². The second-order valence-electron chi connectivity index (χ2n) is 5.51. The van der Waals surface area contributed by atoms with Gasteiger partial charge in [-0.15, -0.1) is 0 Å². The van der Waals surface area contributed by atoms with Crippen molar-refractivity contribution in [2.45, 2.75) is 65.4 Å². The van der Waals surface area contributed by atoms with Crippen LogP contribution in [0.5, 0.6) is 0 Å². The van der Waals surface area contributed by atoms with Gasteiger partial charge < -0.3 is 5.11 Å². The van der Waals surface area contributed by atoms with Gasteiger partial charge in [0.05, 0.1) is 5.60 Å². The molecule has 0 aromatic heterocycles. The Kier molecular flexibility index (Phi) is 4.00. The third-order valence-electron chi connectivity index (χ3n) is 4.29. The Balaban J connectivity index is 2.63. The number of aliphatic hydroxyl groups is 1. The fourth-order valence-electron chi connectivity index (χ4n) is 2.78. The smallest absolute Gasteiger partial charge is 0.0678 e. The average Bonchev–Trinajstić information content (AvgIpc) is 2.16. The van der Waals surface area contributed by atoms with E-state index in [2.05, 4.69) is 27.7 Å². The number of rotatable bonds is 3. The van der Waals surface area contributed by atoms with Gasteiger partial charge in [-0.25, -0.2) is 0 Å². The minimum atomic E-state index is -0.368. The lowest BCUT2D eigenvalue weighted by Gasteiger charge is -2.42. The fourth-order valence-corrected chi connectivity index (χ4v) is 2.78. The Labute approximate surface area is 88.9 Å². The summed E-state index contributed by atoms with van der Waals surface area (Å²) in [6.45, 7) is 8.90. The molecule has 0 aromatic carbocycles. The Bertz CT molecular complexity index is 176. The Morgan fingerprint density at radius 1 is 1.36 bits per heavy atom. The van der Waals surface area contributed by atoms with Crippen molar-refractivity contribution in [3.63, 3.8) is 0 Å². The van der Waals surface area contributed by atoms with E-state index in [1.54, 1.807) is 0 Å². The van der Waals surface area contributed by atoms with Crippen LogP contribution in [0, 0.1) is 17.8 Å². The molecule has 1 aliphatic rings. The lowest BCUT2D eigenvalue weighted by molar-refractivity contribution is -0.0737. The van der Waals surface area contributed by atoms with Crippen LogP contribution in [-0.4, -0.2) is 10.7 Å². The van der Waals surface area contributed by atoms with Gasteiger partial charge in [-0.1, -0.05) is 47.0 Å². The SMILES string of the molecule is CCC1CCCC(O)(C(C)C(C)C)C1. The van der Waals surface area contributed by atoms with Crippen molar-refractivity contribution in [2.75, 3.05) is 0 Å². The Morgan fingerprint density at radius 2 is 2.00 bits per heavy atom. The van der Waals surface area contributed by atoms with Crippen molar-refractivity contribution in [3.8, 4) is 0 Å². The number of hydrogen-bond donors (Lipinski definition) is 1. The molecule has 0 heterocycles. The fraction of sp³-hybridized carbons (Fsp3) is 1.00. The van der Waals surface area contributed by atoms with Crippen LogP contribution in [0.3, 0.4) is 0 Å². The lowest BCUT2D eigenvalue weighted by atomic mass is 9.68. The van der Waals surface area contributed by atoms with Gasteiger partial charge in [0, 0.05) is 0 Å². The molecule has 1 nitrogen and oxygen atoms in total. The summed E-state index contributed by atoms with van der Waals surface area (Å²) >= 11 is 0. The van der Waals surface area contributed by atoms with Gasteiger partial charge in [-0.3, -0.25) is 0 Å². The van der Waals surface area contributed by atoms with Gasteiger partial charge in [0.2, 0.25) is 0 Å². The van der Waals surface area contributed by atoms with Gasteiger partial charge >= 0.3 is 0 Å². The van der Waals surface area contributed by atoms with Crippen LogP contribution in [0.4, 0.5) is 0 Å². The van der Waals surface area contributed by atoms with E-state index in [9.17, 15) is 5.11 Å². The molecule has 0 bridgehead atoms. The normalized spacial score (nSPS) is 36.0. The zero-order chi connectivity index (χ0) is 10.8. The zero-order valence-electron chi connectivity index (χ0n) is 10.2. The van der Waals surface area contributed by atoms with Gasteiger partial charge in [-0.05, 0) is 30.6 Å². The third-order valence-corrected chi connectivity index (χ3v) is 4.29. The van der Waals surface area contributed by atoms with E-state index in [0.29, 0.717) is 11.8 Å². The minimum absolute atomic E-state index is 0.368. The summed E-state index contributed by atoms with van der Waals surface area (Å²) < 4.78 is 0. The molecule has 3 unspecified atom stereocenters. The number of hydrogen-bond acceptors (Lipinski definition) is 1. The summed E-state index contributed by atoms with van der Waals surface area (Å²) in [6.07, 6.45) is 5.81. The summed E-state index contributed by atoms with van der Waals surface area (Å²) in [4.78, 5) is 0. The highest BCUT2D eigenvalue weighted by Gasteiger charge is 2.39. The maximum absolute atomic E-state index is 10.6. The molecule has 0 amide bonds. The highest BCUT2D eigenvalue weighted by atomic mass is 16.3. The Hall–Kier alpha value is -0.0400. The molecule has 1 N–H and O–H groups in total. The van der Waals surface area contributed by atoms with E-state index >= 15 is 0 Å². The van der Waals surface area contributed by atoms with E-state index < -0.39 is 0 Å². The molecule has 0 spiro atoms. The van der Waals surface area contributed by atoms with E-state index in [-0.39, 0.29) is 5.60 Å². The molecule has 1 heteroatoms. The van der Waals surface area contributed by atoms with Crippen molar-refractivity contribution in [2.24, 2.45) is 17.8 Å². The van der Waals surface area contributed by atoms with Crippen molar-refractivity contribution in [1.82, 2.24) is 0 Å². The monoisotopic (exact) mass is 198 g/mol. The molecular weight excluding hydrogens is 172 g/mol. The van der Waals surface area contributed by atoms with E-state index in [0.717, 1.165) is 18.8 Å². The first kappa shape index (κ1) is 12.0. The lowest BCUT2D eigenvalue weighted by Crippen LogP contribution is -2.43. The third kappa shape index (κ3) is 2.50. The van der Waals surface area contributed by atoms with E-state index in [1.165, 1.54) is 19.3 Å². The first-order chi connectivity index (χ1) is 6.49. The van der Waals surface area contributed by atoms with Gasteiger partial charge in [0.15, 0.2) is 0 Å². The molecule has 0 radical (unpaired) electrons. The van der Waals surface area contributed by atoms with Crippen LogP contribution >= 0.6 is 0 Å². The molecule has 0 aliphatic heterocycles. The van der Waals surface area contributed by atoms with Crippen LogP contribution in [0.1, 0.15) is 59.8 Å². The maximum Gasteiger partial charge on any atom is 0.0678 e. The molecule has 1 aliphatic carbocycles. The van der Waals surface area contributed by atoms with Crippen LogP contribution in [-0.2, 0) is 0 Å². The molecule has 1 saturated carbocycles. The van der Waals surface area contributed by atoms with Crippen LogP contribution in [0.2, 0.25) is 0 Å². The summed E-state index contributed by atoms with van der Waals surface area (Å²) in [6, 6.07) is 0. The summed E-state index contributed by atoms with van der Waals surface area (Å²) in [5, 5.41) is 10.6. The Morgan fingerprint density at radius 3 is 2.50 bits per heavy atom. The molecule has 84 valence electrons. The largest absolute Gasteiger partial charge is 0.390 e. The molecule has 1 rings (SSSR count). The quantitative estimate of drug-likeness (QED) is 0.734. The summed E-state index contributed by atoms with van der Waals surface area (Å²) in [7, 11) is 0. The van der Waals surface area contributed by atoms with Gasteiger partial charge in [0.1, 0.15) is 0 Å². The van der Waals surface area contributed by atoms with Crippen LogP contribution in [0.25, 0.3) is 0 Å². The van der Waals surface area contributed by atoms with Crippen LogP contribution < -0.4 is 0 Å². The standard InChI is InChI=1S/C13H26O/c1-5-12-7-6-8-13(14,9-12)11(4)10(2)3/h10-12,14H,5-9H2,1-4H3. The first-order valence-electron chi connectivity index (χ1n) is 6.22. The predicted octanol–water partition coefficient (Wildman–Crippen LogP) is 3.61. The molecule has 0 saturated heterocycles. The van der Waals surface area contributed by atoms with Crippen LogP contribution in [0.15, 0.2) is 0 Å². The second-order valence-corrected chi connectivity index (χ2v) is 5.51. The maximum atomic E-state index is 10.6.